The van der Waals surface area contributed by atoms with Crippen LogP contribution in [0.1, 0.15) is 31.2 Å². The van der Waals surface area contributed by atoms with E-state index in [1.165, 1.54) is 18.3 Å². The highest BCUT2D eigenvalue weighted by Crippen LogP contribution is 2.33. The quantitative estimate of drug-likeness (QED) is 0.764. The van der Waals surface area contributed by atoms with Crippen molar-refractivity contribution in [2.45, 2.75) is 44.0 Å². The van der Waals surface area contributed by atoms with Gasteiger partial charge in [-0.1, -0.05) is 0 Å². The number of hydrogen-bond acceptors (Lipinski definition) is 6. The highest BCUT2D eigenvalue weighted by Gasteiger charge is 2.30. The van der Waals surface area contributed by atoms with Gasteiger partial charge in [0.2, 0.25) is 5.95 Å². The van der Waals surface area contributed by atoms with E-state index >= 15 is 0 Å². The molecule has 0 radical (unpaired) electrons. The molecule has 1 aliphatic rings. The van der Waals surface area contributed by atoms with Crippen molar-refractivity contribution >= 4 is 11.8 Å². The van der Waals surface area contributed by atoms with E-state index in [2.05, 4.69) is 15.3 Å². The lowest BCUT2D eigenvalue weighted by Gasteiger charge is -2.27. The molecule has 0 bridgehead atoms. The van der Waals surface area contributed by atoms with Crippen molar-refractivity contribution in [2.24, 2.45) is 0 Å². The summed E-state index contributed by atoms with van der Waals surface area (Å²) in [6.45, 7) is 0. The molecule has 26 heavy (non-hydrogen) atoms. The Bertz CT molecular complexity index is 745. The molecule has 3 rings (SSSR count). The number of aromatic nitrogens is 2. The van der Waals surface area contributed by atoms with Crippen molar-refractivity contribution in [2.75, 3.05) is 11.1 Å². The largest absolute Gasteiger partial charge is 0.452 e. The monoisotopic (exact) mass is 368 g/mol. The minimum Gasteiger partial charge on any atom is -0.452 e. The van der Waals surface area contributed by atoms with Crippen molar-refractivity contribution in [3.63, 3.8) is 0 Å². The number of nitrogens with zero attached hydrogens (tertiary/aromatic N) is 2. The Balaban J connectivity index is 1.75. The summed E-state index contributed by atoms with van der Waals surface area (Å²) < 4.78 is 43.6. The van der Waals surface area contributed by atoms with Gasteiger partial charge in [0, 0.05) is 6.04 Å². The summed E-state index contributed by atoms with van der Waals surface area (Å²) in [5, 5.41) is 12.8. The van der Waals surface area contributed by atoms with E-state index in [1.807, 2.05) is 0 Å². The summed E-state index contributed by atoms with van der Waals surface area (Å²) >= 11 is 0. The average molecular weight is 368 g/mol. The topological polar surface area (TPSA) is 93.3 Å². The lowest BCUT2D eigenvalue weighted by atomic mass is 9.93. The van der Waals surface area contributed by atoms with Crippen molar-refractivity contribution in [3.05, 3.63) is 36.0 Å². The van der Waals surface area contributed by atoms with E-state index in [0.29, 0.717) is 18.7 Å². The van der Waals surface area contributed by atoms with Crippen LogP contribution in [0.4, 0.5) is 24.9 Å². The molecule has 1 aromatic heterocycles. The summed E-state index contributed by atoms with van der Waals surface area (Å²) in [6, 6.07) is 4.47. The first kappa shape index (κ1) is 18.2. The lowest BCUT2D eigenvalue weighted by molar-refractivity contribution is -0.137. The second-order valence-electron chi connectivity index (χ2n) is 6.22. The Labute approximate surface area is 148 Å². The van der Waals surface area contributed by atoms with Crippen LogP contribution in [0.5, 0.6) is 11.5 Å². The first-order chi connectivity index (χ1) is 12.3. The number of aliphatic hydroxyl groups excluding tert-OH is 1. The van der Waals surface area contributed by atoms with Crippen LogP contribution in [-0.2, 0) is 6.18 Å². The zero-order valence-corrected chi connectivity index (χ0v) is 13.8. The fourth-order valence-electron chi connectivity index (χ4n) is 2.81. The van der Waals surface area contributed by atoms with Gasteiger partial charge in [0.05, 0.1) is 17.9 Å². The minimum atomic E-state index is -4.40. The van der Waals surface area contributed by atoms with E-state index in [1.54, 1.807) is 0 Å². The molecule has 1 aromatic carbocycles. The average Bonchev–Trinajstić information content (AvgIpc) is 2.59. The van der Waals surface area contributed by atoms with Gasteiger partial charge >= 0.3 is 6.18 Å². The van der Waals surface area contributed by atoms with Gasteiger partial charge in [-0.15, -0.1) is 0 Å². The molecule has 0 aliphatic heterocycles. The van der Waals surface area contributed by atoms with Crippen LogP contribution < -0.4 is 15.8 Å². The fraction of sp³-hybridized carbons (Fsp3) is 0.412. The third-order valence-electron chi connectivity index (χ3n) is 4.22. The van der Waals surface area contributed by atoms with Crippen LogP contribution in [0, 0.1) is 0 Å². The summed E-state index contributed by atoms with van der Waals surface area (Å²) in [6.07, 6.45) is -0.399. The Morgan fingerprint density at radius 1 is 1.12 bits per heavy atom. The molecule has 0 atom stereocenters. The summed E-state index contributed by atoms with van der Waals surface area (Å²) in [4.78, 5) is 8.01. The van der Waals surface area contributed by atoms with Gasteiger partial charge in [-0.25, -0.2) is 4.98 Å². The predicted octanol–water partition coefficient (Wildman–Crippen LogP) is 3.59. The number of ether oxygens (including phenoxy) is 1. The number of hydrogen-bond donors (Lipinski definition) is 3. The van der Waals surface area contributed by atoms with Crippen molar-refractivity contribution in [1.29, 1.82) is 0 Å². The molecule has 0 saturated heterocycles. The molecule has 0 amide bonds. The van der Waals surface area contributed by atoms with E-state index in [9.17, 15) is 18.3 Å². The number of nitrogens with two attached hydrogens (primary N) is 1. The van der Waals surface area contributed by atoms with E-state index < -0.39 is 11.7 Å². The van der Waals surface area contributed by atoms with Crippen LogP contribution in [0.2, 0.25) is 0 Å². The standard InChI is InChI=1S/C17H19F3N4O2/c18-17(19,20)10-1-7-13(8-2-10)26-14-9-22-16(21)24-15(14)23-11-3-5-12(25)6-4-11/h1-2,7-9,11-12,25H,3-6H2,(H3,21,22,23,24). The Morgan fingerprint density at radius 3 is 2.38 bits per heavy atom. The number of anilines is 2. The number of aliphatic hydroxyl groups is 1. The smallest absolute Gasteiger partial charge is 0.416 e. The second-order valence-corrected chi connectivity index (χ2v) is 6.22. The first-order valence-electron chi connectivity index (χ1n) is 8.23. The molecule has 1 aliphatic carbocycles. The minimum absolute atomic E-state index is 0.0584. The molecule has 1 saturated carbocycles. The molecule has 6 nitrogen and oxygen atoms in total. The maximum absolute atomic E-state index is 12.6. The van der Waals surface area contributed by atoms with Gasteiger partial charge in [0.25, 0.3) is 0 Å². The third-order valence-corrected chi connectivity index (χ3v) is 4.22. The summed E-state index contributed by atoms with van der Waals surface area (Å²) in [7, 11) is 0. The maximum Gasteiger partial charge on any atom is 0.416 e. The summed E-state index contributed by atoms with van der Waals surface area (Å²) in [5.74, 6) is 0.931. The summed E-state index contributed by atoms with van der Waals surface area (Å²) in [5.41, 5.74) is 4.88. The number of alkyl halides is 3. The van der Waals surface area contributed by atoms with Gasteiger partial charge in [0.15, 0.2) is 11.6 Å². The van der Waals surface area contributed by atoms with Crippen LogP contribution in [-0.4, -0.2) is 27.2 Å². The molecular formula is C17H19F3N4O2. The van der Waals surface area contributed by atoms with Gasteiger partial charge in [-0.05, 0) is 49.9 Å². The van der Waals surface area contributed by atoms with Gasteiger partial charge < -0.3 is 20.9 Å². The van der Waals surface area contributed by atoms with Gasteiger partial charge in [-0.2, -0.15) is 18.2 Å². The molecule has 0 spiro atoms. The Hall–Kier alpha value is -2.55. The number of benzene rings is 1. The molecule has 140 valence electrons. The van der Waals surface area contributed by atoms with Crippen LogP contribution in [0.25, 0.3) is 0 Å². The molecule has 9 heteroatoms. The Morgan fingerprint density at radius 2 is 1.77 bits per heavy atom. The first-order valence-corrected chi connectivity index (χ1v) is 8.23. The maximum atomic E-state index is 12.6. The Kier molecular flexibility index (Phi) is 5.17. The molecular weight excluding hydrogens is 349 g/mol. The van der Waals surface area contributed by atoms with Gasteiger partial charge in [-0.3, -0.25) is 0 Å². The van der Waals surface area contributed by atoms with Gasteiger partial charge in [0.1, 0.15) is 5.75 Å². The SMILES string of the molecule is Nc1ncc(Oc2ccc(C(F)(F)F)cc2)c(NC2CCC(O)CC2)n1. The highest BCUT2D eigenvalue weighted by molar-refractivity contribution is 5.53. The zero-order chi connectivity index (χ0) is 18.7. The van der Waals surface area contributed by atoms with Crippen LogP contribution in [0.15, 0.2) is 30.5 Å². The van der Waals surface area contributed by atoms with E-state index in [0.717, 1.165) is 25.0 Å². The predicted molar refractivity (Wildman–Crippen MR) is 89.8 cm³/mol. The molecule has 1 fully saturated rings. The molecule has 0 unspecified atom stereocenters. The normalized spacial score (nSPS) is 20.6. The number of rotatable bonds is 4. The lowest BCUT2D eigenvalue weighted by Crippen LogP contribution is -2.28. The fourth-order valence-corrected chi connectivity index (χ4v) is 2.81. The van der Waals surface area contributed by atoms with E-state index in [-0.39, 0.29) is 29.6 Å². The van der Waals surface area contributed by atoms with Crippen molar-refractivity contribution in [3.8, 4) is 11.5 Å². The number of nitrogen functional groups attached to an aromatic ring is 1. The third kappa shape index (κ3) is 4.54. The highest BCUT2D eigenvalue weighted by atomic mass is 19.4. The van der Waals surface area contributed by atoms with Crippen LogP contribution >= 0.6 is 0 Å². The molecule has 4 N–H and O–H groups in total. The molecule has 2 aromatic rings. The van der Waals surface area contributed by atoms with Crippen LogP contribution in [0.3, 0.4) is 0 Å². The zero-order valence-electron chi connectivity index (χ0n) is 13.8. The second kappa shape index (κ2) is 7.36. The number of nitrogens with one attached hydrogen (secondary N) is 1. The van der Waals surface area contributed by atoms with Crippen molar-refractivity contribution in [1.82, 2.24) is 9.97 Å². The van der Waals surface area contributed by atoms with Crippen molar-refractivity contribution < 1.29 is 23.0 Å². The van der Waals surface area contributed by atoms with E-state index in [4.69, 9.17) is 10.5 Å². The number of halogens is 3. The molecule has 1 heterocycles.